The molecule has 1 atom stereocenters. The number of carbonyl (C=O) groups is 1. The first-order valence-corrected chi connectivity index (χ1v) is 10.7. The first-order chi connectivity index (χ1) is 12.2. The Labute approximate surface area is 185 Å². The van der Waals surface area contributed by atoms with Crippen molar-refractivity contribution in [2.75, 3.05) is 13.1 Å². The maximum absolute atomic E-state index is 10.3. The molecule has 26 heavy (non-hydrogen) atoms. The normalized spacial score (nSPS) is 12.5. The second kappa shape index (κ2) is 21.5. The zero-order chi connectivity index (χ0) is 18.8. The van der Waals surface area contributed by atoms with Crippen LogP contribution in [0.3, 0.4) is 0 Å². The van der Waals surface area contributed by atoms with Crippen LogP contribution in [0.25, 0.3) is 0 Å². The summed E-state index contributed by atoms with van der Waals surface area (Å²) < 4.78 is 0. The third-order valence-electron chi connectivity index (χ3n) is 5.05. The zero-order valence-corrected chi connectivity index (χ0v) is 20.1. The monoisotopic (exact) mass is 375 g/mol. The number of unbranched alkanes of at least 4 members (excludes halogenated alkanes) is 8. The molecule has 0 aliphatic rings. The fourth-order valence-electron chi connectivity index (χ4n) is 3.43. The third kappa shape index (κ3) is 17.6. The van der Waals surface area contributed by atoms with Gasteiger partial charge < -0.3 is 14.8 Å². The van der Waals surface area contributed by atoms with Crippen molar-refractivity contribution >= 4 is 5.97 Å². The third-order valence-corrected chi connectivity index (χ3v) is 5.05. The molecule has 0 aromatic carbocycles. The van der Waals surface area contributed by atoms with Crippen LogP contribution in [0, 0.1) is 0 Å². The van der Waals surface area contributed by atoms with E-state index in [-0.39, 0.29) is 36.0 Å². The Hall–Kier alpha value is 0.170. The van der Waals surface area contributed by atoms with E-state index in [0.717, 1.165) is 38.8 Å². The summed E-state index contributed by atoms with van der Waals surface area (Å²) in [5.41, 5.74) is 0. The van der Waals surface area contributed by atoms with Gasteiger partial charge in [-0.25, -0.2) is 0 Å². The number of allylic oxidation sites excluding steroid dienone is 1. The fourth-order valence-corrected chi connectivity index (χ4v) is 3.43. The van der Waals surface area contributed by atoms with Gasteiger partial charge in [-0.2, -0.15) is 0 Å². The molecule has 0 bridgehead atoms. The molecular weight excluding hydrogens is 333 g/mol. The smallest absolute Gasteiger partial charge is 0.550 e. The van der Waals surface area contributed by atoms with Crippen molar-refractivity contribution in [1.82, 2.24) is 4.90 Å². The summed E-state index contributed by atoms with van der Waals surface area (Å²) in [5.74, 6) is -0.916. The van der Waals surface area contributed by atoms with E-state index in [1.165, 1.54) is 51.4 Å². The second-order valence-electron chi connectivity index (χ2n) is 7.11. The van der Waals surface area contributed by atoms with Crippen molar-refractivity contribution in [2.45, 2.75) is 110 Å². The number of nitrogens with zero attached hydrogens (tertiary/aromatic N) is 1. The molecule has 1 unspecified atom stereocenters. The number of carboxylic acids is 1. The second-order valence-corrected chi connectivity index (χ2v) is 7.11. The van der Waals surface area contributed by atoms with E-state index < -0.39 is 5.97 Å². The summed E-state index contributed by atoms with van der Waals surface area (Å²) in [4.78, 5) is 12.9. The number of rotatable bonds is 18. The quantitative estimate of drug-likeness (QED) is 0.209. The number of hydrogen-bond acceptors (Lipinski definition) is 3. The summed E-state index contributed by atoms with van der Waals surface area (Å²) in [5, 5.41) is 10.3. The van der Waals surface area contributed by atoms with Gasteiger partial charge in [-0.3, -0.25) is 0 Å². The van der Waals surface area contributed by atoms with Crippen LogP contribution in [0.2, 0.25) is 0 Å². The number of hydrogen-bond donors (Lipinski definition) is 0. The predicted molar refractivity (Wildman–Crippen MR) is 107 cm³/mol. The van der Waals surface area contributed by atoms with Gasteiger partial charge in [0.2, 0.25) is 0 Å². The van der Waals surface area contributed by atoms with E-state index in [9.17, 15) is 9.90 Å². The van der Waals surface area contributed by atoms with Gasteiger partial charge in [0, 0.05) is 12.0 Å². The van der Waals surface area contributed by atoms with Crippen molar-refractivity contribution < 1.29 is 39.5 Å². The van der Waals surface area contributed by atoms with Crippen molar-refractivity contribution in [3.05, 3.63) is 12.2 Å². The molecule has 0 saturated carbocycles. The molecule has 0 aromatic rings. The molecule has 0 radical (unpaired) electrons. The van der Waals surface area contributed by atoms with Crippen molar-refractivity contribution in [1.29, 1.82) is 0 Å². The summed E-state index contributed by atoms with van der Waals surface area (Å²) >= 11 is 0. The van der Waals surface area contributed by atoms with Gasteiger partial charge in [-0.05, 0) is 51.6 Å². The number of aliphatic carboxylic acids is 1. The average Bonchev–Trinajstić information content (AvgIpc) is 2.60. The van der Waals surface area contributed by atoms with Crippen LogP contribution in [-0.4, -0.2) is 30.0 Å². The fraction of sp³-hybridized carbons (Fsp3) is 0.864. The summed E-state index contributed by atoms with van der Waals surface area (Å²) in [6.45, 7) is 9.11. The molecule has 0 fully saturated rings. The maximum Gasteiger partial charge on any atom is 1.00 e. The van der Waals surface area contributed by atoms with Gasteiger partial charge in [0.1, 0.15) is 0 Å². The average molecular weight is 376 g/mol. The maximum atomic E-state index is 10.3. The Morgan fingerprint density at radius 3 is 2.12 bits per heavy atom. The largest absolute Gasteiger partial charge is 1.00 e. The van der Waals surface area contributed by atoms with E-state index >= 15 is 0 Å². The molecule has 0 saturated heterocycles. The summed E-state index contributed by atoms with van der Waals surface area (Å²) in [6.07, 6.45) is 19.3. The van der Waals surface area contributed by atoms with Crippen LogP contribution in [0.5, 0.6) is 0 Å². The Bertz CT molecular complexity index is 330. The molecule has 0 aromatic heterocycles. The van der Waals surface area contributed by atoms with Crippen LogP contribution in [0.15, 0.2) is 12.2 Å². The van der Waals surface area contributed by atoms with Crippen LogP contribution >= 0.6 is 0 Å². The SMILES string of the molecule is CCCCCCC(C/C=C/CCCCCCCC(=O)[O-])N(CC)CC.[Na+]. The standard InChI is InChI=1S/C22H43NO2.Na/c1-4-7-8-15-18-21(23(5-2)6-3)19-16-13-11-9-10-12-14-17-20-22(24)25;/h13,16,21H,4-12,14-15,17-20H2,1-3H3,(H,24,25);/q;+1/p-1/b16-13+;. The van der Waals surface area contributed by atoms with E-state index in [2.05, 4.69) is 37.8 Å². The summed E-state index contributed by atoms with van der Waals surface area (Å²) in [7, 11) is 0. The van der Waals surface area contributed by atoms with E-state index in [1.54, 1.807) is 0 Å². The zero-order valence-electron chi connectivity index (χ0n) is 18.1. The number of carboxylic acid groups (broad SMARTS) is 1. The molecule has 0 N–H and O–H groups in total. The topological polar surface area (TPSA) is 43.4 Å². The van der Waals surface area contributed by atoms with Crippen molar-refractivity contribution in [3.8, 4) is 0 Å². The molecule has 148 valence electrons. The summed E-state index contributed by atoms with van der Waals surface area (Å²) in [6, 6.07) is 0.702. The minimum atomic E-state index is -0.916. The Balaban J connectivity index is 0. The van der Waals surface area contributed by atoms with Crippen LogP contribution in [0.4, 0.5) is 0 Å². The van der Waals surface area contributed by atoms with Gasteiger partial charge in [0.05, 0.1) is 0 Å². The van der Waals surface area contributed by atoms with Crippen LogP contribution < -0.4 is 34.7 Å². The van der Waals surface area contributed by atoms with Crippen molar-refractivity contribution in [2.24, 2.45) is 0 Å². The van der Waals surface area contributed by atoms with Crippen molar-refractivity contribution in [3.63, 3.8) is 0 Å². The molecule has 0 amide bonds. The first-order valence-electron chi connectivity index (χ1n) is 10.7. The Morgan fingerprint density at radius 1 is 0.885 bits per heavy atom. The van der Waals surface area contributed by atoms with Crippen LogP contribution in [-0.2, 0) is 4.79 Å². The van der Waals surface area contributed by atoms with Gasteiger partial charge in [-0.1, -0.05) is 77.9 Å². The minimum Gasteiger partial charge on any atom is -0.550 e. The molecule has 0 heterocycles. The Morgan fingerprint density at radius 2 is 1.50 bits per heavy atom. The molecule has 4 heteroatoms. The molecule has 0 aliphatic carbocycles. The van der Waals surface area contributed by atoms with Gasteiger partial charge in [0.15, 0.2) is 0 Å². The van der Waals surface area contributed by atoms with Gasteiger partial charge in [-0.15, -0.1) is 0 Å². The molecule has 0 rings (SSSR count). The molecular formula is C22H42NNaO2. The van der Waals surface area contributed by atoms with E-state index in [4.69, 9.17) is 0 Å². The Kier molecular flexibility index (Phi) is 23.4. The first kappa shape index (κ1) is 28.4. The molecule has 3 nitrogen and oxygen atoms in total. The number of carbonyl (C=O) groups excluding carboxylic acids is 1. The van der Waals surface area contributed by atoms with Gasteiger partial charge in [0.25, 0.3) is 0 Å². The van der Waals surface area contributed by atoms with E-state index in [0.29, 0.717) is 6.04 Å². The molecule has 0 spiro atoms. The van der Waals surface area contributed by atoms with E-state index in [1.807, 2.05) is 0 Å². The predicted octanol–water partition coefficient (Wildman–Crippen LogP) is 2.10. The molecule has 0 aliphatic heterocycles. The minimum absolute atomic E-state index is 0. The van der Waals surface area contributed by atoms with Crippen LogP contribution in [0.1, 0.15) is 104 Å². The van der Waals surface area contributed by atoms with Gasteiger partial charge >= 0.3 is 29.6 Å².